The lowest BCUT2D eigenvalue weighted by Gasteiger charge is -2.22. The first-order valence-electron chi connectivity index (χ1n) is 8.18. The fourth-order valence-corrected chi connectivity index (χ4v) is 3.16. The van der Waals surface area contributed by atoms with E-state index in [0.717, 1.165) is 0 Å². The van der Waals surface area contributed by atoms with Gasteiger partial charge in [-0.2, -0.15) is 0 Å². The summed E-state index contributed by atoms with van der Waals surface area (Å²) >= 11 is 0. The topological polar surface area (TPSA) is 59.3 Å². The number of carbonyl (C=O) groups is 1. The second-order valence-electron chi connectivity index (χ2n) is 6.33. The van der Waals surface area contributed by atoms with Gasteiger partial charge < -0.3 is 9.67 Å². The summed E-state index contributed by atoms with van der Waals surface area (Å²) < 4.78 is 14.9. The Balaban J connectivity index is 2.58. The minimum Gasteiger partial charge on any atom is -0.478 e. The van der Waals surface area contributed by atoms with Crippen molar-refractivity contribution in [1.82, 2.24) is 4.57 Å². The van der Waals surface area contributed by atoms with Gasteiger partial charge in [0.1, 0.15) is 5.82 Å². The van der Waals surface area contributed by atoms with E-state index in [4.69, 9.17) is 0 Å². The lowest BCUT2D eigenvalue weighted by molar-refractivity contribution is -0.130. The van der Waals surface area contributed by atoms with Gasteiger partial charge in [-0.3, -0.25) is 4.79 Å². The van der Waals surface area contributed by atoms with Crippen LogP contribution in [0.2, 0.25) is 0 Å². The van der Waals surface area contributed by atoms with Gasteiger partial charge in [-0.05, 0) is 55.1 Å². The largest absolute Gasteiger partial charge is 0.478 e. The molecule has 0 atom stereocenters. The van der Waals surface area contributed by atoms with Crippen LogP contribution in [0.5, 0.6) is 0 Å². The Labute approximate surface area is 149 Å². The molecule has 0 aliphatic carbocycles. The summed E-state index contributed by atoms with van der Waals surface area (Å²) in [5, 5.41) is 10.5. The molecular formula is C21H18FNO3. The molecule has 3 rings (SSSR count). The molecule has 26 heavy (non-hydrogen) atoms. The second-order valence-corrected chi connectivity index (χ2v) is 6.33. The van der Waals surface area contributed by atoms with Gasteiger partial charge in [0.05, 0.1) is 11.3 Å². The summed E-state index contributed by atoms with van der Waals surface area (Å²) in [5.41, 5.74) is 1.01. The van der Waals surface area contributed by atoms with Crippen molar-refractivity contribution in [3.8, 4) is 11.3 Å². The number of hydrogen-bond donors (Lipinski definition) is 1. The number of fused-ring (bicyclic) bond motifs is 1. The maximum Gasteiger partial charge on any atom is 0.335 e. The first kappa shape index (κ1) is 17.6. The van der Waals surface area contributed by atoms with Crippen LogP contribution >= 0.6 is 0 Å². The maximum absolute atomic E-state index is 13.4. The zero-order valence-corrected chi connectivity index (χ0v) is 14.5. The van der Waals surface area contributed by atoms with Gasteiger partial charge in [0, 0.05) is 17.0 Å². The predicted octanol–water partition coefficient (Wildman–Crippen LogP) is 4.49. The first-order valence-corrected chi connectivity index (χ1v) is 8.18. The molecule has 0 unspecified atom stereocenters. The third-order valence-corrected chi connectivity index (χ3v) is 4.32. The van der Waals surface area contributed by atoms with Gasteiger partial charge in [0.2, 0.25) is 0 Å². The van der Waals surface area contributed by atoms with E-state index in [1.165, 1.54) is 24.3 Å². The number of hydrogen-bond acceptors (Lipinski definition) is 2. The van der Waals surface area contributed by atoms with Gasteiger partial charge in [0.25, 0.3) is 5.56 Å². The summed E-state index contributed by atoms with van der Waals surface area (Å²) in [6, 6.07) is 12.3. The Morgan fingerprint density at radius 3 is 2.19 bits per heavy atom. The molecule has 0 saturated carbocycles. The zero-order chi connectivity index (χ0) is 19.0. The molecule has 1 N–H and O–H groups in total. The summed E-state index contributed by atoms with van der Waals surface area (Å²) in [5.74, 6) is -1.58. The number of nitrogens with zero attached hydrogens (tertiary/aromatic N) is 1. The molecule has 0 radical (unpaired) electrons. The highest BCUT2D eigenvalue weighted by Crippen LogP contribution is 2.34. The van der Waals surface area contributed by atoms with Gasteiger partial charge in [-0.15, -0.1) is 0 Å². The molecule has 0 bridgehead atoms. The highest BCUT2D eigenvalue weighted by molar-refractivity contribution is 6.20. The molecule has 1 heterocycles. The van der Waals surface area contributed by atoms with E-state index in [9.17, 15) is 19.1 Å². The van der Waals surface area contributed by atoms with Gasteiger partial charge in [-0.1, -0.05) is 24.8 Å². The van der Waals surface area contributed by atoms with Crippen LogP contribution < -0.4 is 5.56 Å². The van der Waals surface area contributed by atoms with Crippen LogP contribution in [0.4, 0.5) is 4.39 Å². The quantitative estimate of drug-likeness (QED) is 0.705. The number of carboxylic acids is 1. The molecule has 4 nitrogen and oxygen atoms in total. The number of pyridine rings is 1. The highest BCUT2D eigenvalue weighted by atomic mass is 19.1. The number of rotatable bonds is 4. The molecule has 5 heteroatoms. The molecule has 132 valence electrons. The van der Waals surface area contributed by atoms with Crippen molar-refractivity contribution in [2.24, 2.45) is 0 Å². The van der Waals surface area contributed by atoms with E-state index in [1.807, 2.05) is 13.8 Å². The maximum atomic E-state index is 13.4. The third kappa shape index (κ3) is 2.81. The second kappa shape index (κ2) is 6.59. The summed E-state index contributed by atoms with van der Waals surface area (Å²) in [4.78, 5) is 24.8. The Kier molecular flexibility index (Phi) is 4.47. The third-order valence-electron chi connectivity index (χ3n) is 4.32. The van der Waals surface area contributed by atoms with Crippen LogP contribution in [0.3, 0.4) is 0 Å². The van der Waals surface area contributed by atoms with Gasteiger partial charge >= 0.3 is 5.97 Å². The van der Waals surface area contributed by atoms with Crippen molar-refractivity contribution in [2.75, 3.05) is 0 Å². The van der Waals surface area contributed by atoms with Crippen molar-refractivity contribution in [2.45, 2.75) is 19.9 Å². The molecular weight excluding hydrogens is 333 g/mol. The number of halogens is 1. The van der Waals surface area contributed by atoms with Crippen LogP contribution in [-0.2, 0) is 4.79 Å². The summed E-state index contributed by atoms with van der Waals surface area (Å²) in [6.07, 6.45) is 0. The van der Waals surface area contributed by atoms with E-state index in [2.05, 4.69) is 6.58 Å². The Morgan fingerprint density at radius 1 is 1.08 bits per heavy atom. The highest BCUT2D eigenvalue weighted by Gasteiger charge is 2.23. The lowest BCUT2D eigenvalue weighted by Crippen LogP contribution is -2.26. The van der Waals surface area contributed by atoms with Crippen molar-refractivity contribution in [1.29, 1.82) is 0 Å². The molecule has 0 spiro atoms. The van der Waals surface area contributed by atoms with E-state index < -0.39 is 11.8 Å². The predicted molar refractivity (Wildman–Crippen MR) is 101 cm³/mol. The van der Waals surface area contributed by atoms with E-state index >= 15 is 0 Å². The lowest BCUT2D eigenvalue weighted by atomic mass is 9.93. The van der Waals surface area contributed by atoms with Crippen molar-refractivity contribution < 1.29 is 14.3 Å². The van der Waals surface area contributed by atoms with Crippen molar-refractivity contribution in [3.63, 3.8) is 0 Å². The van der Waals surface area contributed by atoms with Crippen LogP contribution in [0.15, 0.2) is 59.9 Å². The number of aliphatic carboxylic acids is 1. The Bertz CT molecular complexity index is 1080. The Morgan fingerprint density at radius 2 is 1.65 bits per heavy atom. The Hall–Kier alpha value is -3.21. The van der Waals surface area contributed by atoms with E-state index in [-0.39, 0.29) is 17.2 Å². The van der Waals surface area contributed by atoms with E-state index in [0.29, 0.717) is 27.6 Å². The average Bonchev–Trinajstić information content (AvgIpc) is 2.61. The first-order chi connectivity index (χ1) is 12.3. The van der Waals surface area contributed by atoms with Crippen molar-refractivity contribution >= 4 is 22.3 Å². The number of benzene rings is 2. The van der Waals surface area contributed by atoms with Gasteiger partial charge in [-0.25, -0.2) is 9.18 Å². The molecule has 1 aromatic heterocycles. The molecule has 0 amide bonds. The minimum absolute atomic E-state index is 0.116. The van der Waals surface area contributed by atoms with Gasteiger partial charge in [0.15, 0.2) is 0 Å². The van der Waals surface area contributed by atoms with Crippen LogP contribution in [0.25, 0.3) is 27.6 Å². The number of carboxylic acid groups (broad SMARTS) is 1. The molecule has 0 aliphatic heterocycles. The normalized spacial score (nSPS) is 11.1. The van der Waals surface area contributed by atoms with E-state index in [1.54, 1.807) is 28.8 Å². The standard InChI is InChI=1S/C21H18FNO3/c1-12(2)23-19(14-8-10-15(22)11-9-14)18(13(3)21(25)26)16-6-4-5-7-17(16)20(23)24/h4-12H,3H2,1-2H3,(H,25,26). The fraction of sp³-hybridized carbons (Fsp3) is 0.143. The smallest absolute Gasteiger partial charge is 0.335 e. The fourth-order valence-electron chi connectivity index (χ4n) is 3.16. The number of aromatic nitrogens is 1. The zero-order valence-electron chi connectivity index (χ0n) is 14.5. The molecule has 0 fully saturated rings. The molecule has 0 saturated heterocycles. The van der Waals surface area contributed by atoms with Crippen molar-refractivity contribution in [3.05, 3.63) is 76.8 Å². The monoisotopic (exact) mass is 351 g/mol. The molecule has 2 aromatic carbocycles. The molecule has 3 aromatic rings. The van der Waals surface area contributed by atoms with Crippen LogP contribution in [0, 0.1) is 5.82 Å². The minimum atomic E-state index is -1.17. The molecule has 0 aliphatic rings. The summed E-state index contributed by atoms with van der Waals surface area (Å²) in [7, 11) is 0. The van der Waals surface area contributed by atoms with Crippen LogP contribution in [-0.4, -0.2) is 15.6 Å². The average molecular weight is 351 g/mol. The SMILES string of the molecule is C=C(C(=O)O)c1c(-c2ccc(F)cc2)n(C(C)C)c(=O)c2ccccc12. The van der Waals surface area contributed by atoms with Crippen LogP contribution in [0.1, 0.15) is 25.5 Å². The summed E-state index contributed by atoms with van der Waals surface area (Å²) in [6.45, 7) is 7.41.